The third-order valence-electron chi connectivity index (χ3n) is 3.55. The lowest BCUT2D eigenvalue weighted by Crippen LogP contribution is -2.21. The first kappa shape index (κ1) is 19.0. The molecule has 0 fully saturated rings. The first-order valence-corrected chi connectivity index (χ1v) is 7.74. The van der Waals surface area contributed by atoms with Crippen LogP contribution in [0, 0.1) is 6.92 Å². The van der Waals surface area contributed by atoms with Crippen LogP contribution in [-0.4, -0.2) is 38.7 Å². The van der Waals surface area contributed by atoms with E-state index in [0.717, 1.165) is 5.56 Å². The number of nitrogens with one attached hydrogen (secondary N) is 1. The number of esters is 2. The highest BCUT2D eigenvalue weighted by Crippen LogP contribution is 2.19. The van der Waals surface area contributed by atoms with Gasteiger partial charge < -0.3 is 19.5 Å². The van der Waals surface area contributed by atoms with E-state index in [2.05, 4.69) is 10.1 Å². The summed E-state index contributed by atoms with van der Waals surface area (Å²) in [6, 6.07) is 11.1. The van der Waals surface area contributed by atoms with Crippen LogP contribution in [0.5, 0.6) is 5.75 Å². The van der Waals surface area contributed by atoms with Gasteiger partial charge in [-0.1, -0.05) is 12.1 Å². The van der Waals surface area contributed by atoms with Gasteiger partial charge in [-0.15, -0.1) is 0 Å². The highest BCUT2D eigenvalue weighted by molar-refractivity contribution is 5.97. The fourth-order valence-corrected chi connectivity index (χ4v) is 2.20. The molecule has 0 bridgehead atoms. The van der Waals surface area contributed by atoms with Crippen molar-refractivity contribution in [2.45, 2.75) is 6.92 Å². The van der Waals surface area contributed by atoms with E-state index in [4.69, 9.17) is 9.47 Å². The Morgan fingerprint density at radius 1 is 0.962 bits per heavy atom. The summed E-state index contributed by atoms with van der Waals surface area (Å²) in [5, 5.41) is 2.55. The van der Waals surface area contributed by atoms with E-state index in [-0.39, 0.29) is 5.56 Å². The van der Waals surface area contributed by atoms with Crippen LogP contribution in [0.1, 0.15) is 26.3 Å². The third kappa shape index (κ3) is 4.83. The number of carbonyl (C=O) groups excluding carboxylic acids is 3. The van der Waals surface area contributed by atoms with Gasteiger partial charge in [-0.2, -0.15) is 0 Å². The predicted molar refractivity (Wildman–Crippen MR) is 94.4 cm³/mol. The summed E-state index contributed by atoms with van der Waals surface area (Å²) < 4.78 is 14.8. The van der Waals surface area contributed by atoms with Gasteiger partial charge >= 0.3 is 11.9 Å². The molecule has 1 N–H and O–H groups in total. The van der Waals surface area contributed by atoms with Gasteiger partial charge in [0.05, 0.1) is 25.3 Å². The molecule has 0 radical (unpaired) electrons. The van der Waals surface area contributed by atoms with Gasteiger partial charge in [0.15, 0.2) is 6.61 Å². The molecule has 0 unspecified atom stereocenters. The Bertz CT molecular complexity index is 831. The van der Waals surface area contributed by atoms with Crippen LogP contribution in [0.25, 0.3) is 0 Å². The smallest absolute Gasteiger partial charge is 0.338 e. The summed E-state index contributed by atoms with van der Waals surface area (Å²) in [5.74, 6) is -1.12. The van der Waals surface area contributed by atoms with Crippen LogP contribution in [0.3, 0.4) is 0 Å². The van der Waals surface area contributed by atoms with E-state index in [9.17, 15) is 14.4 Å². The molecule has 2 rings (SSSR count). The number of hydrogen-bond donors (Lipinski definition) is 1. The zero-order valence-corrected chi connectivity index (χ0v) is 14.7. The molecule has 136 valence electrons. The fraction of sp³-hybridized carbons (Fsp3) is 0.211. The van der Waals surface area contributed by atoms with Crippen LogP contribution in [0.15, 0.2) is 42.5 Å². The Hall–Kier alpha value is -3.35. The Labute approximate surface area is 150 Å². The lowest BCUT2D eigenvalue weighted by atomic mass is 10.1. The summed E-state index contributed by atoms with van der Waals surface area (Å²) >= 11 is 0. The van der Waals surface area contributed by atoms with E-state index in [1.807, 2.05) is 6.92 Å². The number of hydrogen-bond acceptors (Lipinski definition) is 6. The number of benzene rings is 2. The van der Waals surface area contributed by atoms with E-state index < -0.39 is 24.5 Å². The Balaban J connectivity index is 1.94. The molecule has 0 saturated carbocycles. The van der Waals surface area contributed by atoms with Crippen molar-refractivity contribution in [3.63, 3.8) is 0 Å². The number of carbonyl (C=O) groups is 3. The summed E-state index contributed by atoms with van der Waals surface area (Å²) in [6.07, 6.45) is 0. The third-order valence-corrected chi connectivity index (χ3v) is 3.55. The molecule has 7 heteroatoms. The molecule has 0 atom stereocenters. The maximum atomic E-state index is 12.0. The summed E-state index contributed by atoms with van der Waals surface area (Å²) in [6.45, 7) is 1.39. The highest BCUT2D eigenvalue weighted by atomic mass is 16.5. The summed E-state index contributed by atoms with van der Waals surface area (Å²) in [4.78, 5) is 35.5. The second-order valence-corrected chi connectivity index (χ2v) is 5.38. The average Bonchev–Trinajstić information content (AvgIpc) is 2.66. The summed E-state index contributed by atoms with van der Waals surface area (Å²) in [7, 11) is 2.78. The first-order valence-electron chi connectivity index (χ1n) is 7.74. The summed E-state index contributed by atoms with van der Waals surface area (Å²) in [5.41, 5.74) is 1.86. The standard InChI is InChI=1S/C19H19NO6/c1-12-7-8-14(10-16(12)24-2)19(23)26-11-17(21)20-15-6-4-5-13(9-15)18(22)25-3/h4-10H,11H2,1-3H3,(H,20,21). The van der Waals surface area contributed by atoms with Gasteiger partial charge in [-0.25, -0.2) is 9.59 Å². The number of methoxy groups -OCH3 is 2. The fourth-order valence-electron chi connectivity index (χ4n) is 2.20. The molecule has 0 heterocycles. The molecular weight excluding hydrogens is 338 g/mol. The van der Waals surface area contributed by atoms with Gasteiger partial charge in [0.2, 0.25) is 0 Å². The second-order valence-electron chi connectivity index (χ2n) is 5.38. The van der Waals surface area contributed by atoms with Gasteiger partial charge in [-0.3, -0.25) is 4.79 Å². The lowest BCUT2D eigenvalue weighted by Gasteiger charge is -2.09. The minimum absolute atomic E-state index is 0.285. The van der Waals surface area contributed by atoms with Crippen LogP contribution < -0.4 is 10.1 Å². The van der Waals surface area contributed by atoms with E-state index >= 15 is 0 Å². The zero-order valence-electron chi connectivity index (χ0n) is 14.7. The van der Waals surface area contributed by atoms with Gasteiger partial charge in [0, 0.05) is 5.69 Å². The number of rotatable bonds is 6. The molecule has 0 aliphatic rings. The maximum Gasteiger partial charge on any atom is 0.338 e. The SMILES string of the molecule is COC(=O)c1cccc(NC(=O)COC(=O)c2ccc(C)c(OC)c2)c1. The van der Waals surface area contributed by atoms with Crippen molar-refractivity contribution in [3.8, 4) is 5.75 Å². The molecule has 7 nitrogen and oxygen atoms in total. The molecule has 0 spiro atoms. The van der Waals surface area contributed by atoms with Crippen LogP contribution in [-0.2, 0) is 14.3 Å². The minimum Gasteiger partial charge on any atom is -0.496 e. The van der Waals surface area contributed by atoms with Crippen LogP contribution >= 0.6 is 0 Å². The second kappa shape index (κ2) is 8.66. The van der Waals surface area contributed by atoms with Crippen LogP contribution in [0.2, 0.25) is 0 Å². The average molecular weight is 357 g/mol. The van der Waals surface area contributed by atoms with Crippen molar-refractivity contribution in [2.24, 2.45) is 0 Å². The van der Waals surface area contributed by atoms with Crippen molar-refractivity contribution < 1.29 is 28.6 Å². The van der Waals surface area contributed by atoms with E-state index in [1.54, 1.807) is 36.4 Å². The monoisotopic (exact) mass is 357 g/mol. The van der Waals surface area contributed by atoms with E-state index in [0.29, 0.717) is 17.0 Å². The zero-order chi connectivity index (χ0) is 19.1. The maximum absolute atomic E-state index is 12.0. The number of anilines is 1. The molecule has 2 aromatic rings. The predicted octanol–water partition coefficient (Wildman–Crippen LogP) is 2.59. The quantitative estimate of drug-likeness (QED) is 0.799. The normalized spacial score (nSPS) is 9.96. The Morgan fingerprint density at radius 2 is 1.69 bits per heavy atom. The van der Waals surface area contributed by atoms with E-state index in [1.165, 1.54) is 20.3 Å². The Morgan fingerprint density at radius 3 is 2.38 bits per heavy atom. The molecule has 0 saturated heterocycles. The van der Waals surface area contributed by atoms with Crippen LogP contribution in [0.4, 0.5) is 5.69 Å². The molecule has 2 aromatic carbocycles. The topological polar surface area (TPSA) is 90.9 Å². The van der Waals surface area contributed by atoms with Gasteiger partial charge in [0.25, 0.3) is 5.91 Å². The van der Waals surface area contributed by atoms with Crippen molar-refractivity contribution in [1.82, 2.24) is 0 Å². The molecule has 0 aliphatic heterocycles. The molecule has 0 aromatic heterocycles. The minimum atomic E-state index is -0.637. The molecule has 0 aliphatic carbocycles. The van der Waals surface area contributed by atoms with Crippen molar-refractivity contribution in [1.29, 1.82) is 0 Å². The van der Waals surface area contributed by atoms with Crippen molar-refractivity contribution in [2.75, 3.05) is 26.1 Å². The van der Waals surface area contributed by atoms with Crippen molar-refractivity contribution in [3.05, 3.63) is 59.2 Å². The number of ether oxygens (including phenoxy) is 3. The number of amides is 1. The number of aryl methyl sites for hydroxylation is 1. The van der Waals surface area contributed by atoms with Gasteiger partial charge in [-0.05, 0) is 42.8 Å². The Kier molecular flexibility index (Phi) is 6.32. The van der Waals surface area contributed by atoms with Crippen molar-refractivity contribution >= 4 is 23.5 Å². The lowest BCUT2D eigenvalue weighted by molar-refractivity contribution is -0.119. The largest absolute Gasteiger partial charge is 0.496 e. The molecule has 26 heavy (non-hydrogen) atoms. The molecule has 1 amide bonds. The molecular formula is C19H19NO6. The first-order chi connectivity index (χ1) is 12.4. The van der Waals surface area contributed by atoms with Gasteiger partial charge in [0.1, 0.15) is 5.75 Å². The highest BCUT2D eigenvalue weighted by Gasteiger charge is 2.13.